The van der Waals surface area contributed by atoms with Crippen LogP contribution in [-0.2, 0) is 12.8 Å². The molecule has 0 aromatic heterocycles. The molecule has 2 aromatic rings. The van der Waals surface area contributed by atoms with Crippen LogP contribution in [-0.4, -0.2) is 11.7 Å². The second-order valence-corrected chi connectivity index (χ2v) is 4.79. The third-order valence-electron chi connectivity index (χ3n) is 3.53. The zero-order valence-electron chi connectivity index (χ0n) is 10.7. The molecule has 0 radical (unpaired) electrons. The maximum absolute atomic E-state index is 9.88. The second kappa shape index (κ2) is 5.98. The molecule has 0 saturated heterocycles. The number of phenolic OH excluding ortho intramolecular Hbond substituents is 1. The number of fused-ring (bicyclic) bond motifs is 1. The molecule has 3 rings (SSSR count). The summed E-state index contributed by atoms with van der Waals surface area (Å²) < 4.78 is 0. The molecular formula is C16H18ClNO. The second-order valence-electron chi connectivity index (χ2n) is 4.79. The summed E-state index contributed by atoms with van der Waals surface area (Å²) in [6, 6.07) is 14.3. The molecule has 0 unspecified atom stereocenters. The average molecular weight is 276 g/mol. The van der Waals surface area contributed by atoms with Crippen LogP contribution in [0.3, 0.4) is 0 Å². The zero-order valence-corrected chi connectivity index (χ0v) is 11.5. The van der Waals surface area contributed by atoms with E-state index in [1.54, 1.807) is 6.07 Å². The third kappa shape index (κ3) is 2.85. The van der Waals surface area contributed by atoms with Crippen molar-refractivity contribution in [3.8, 4) is 5.75 Å². The fourth-order valence-electron chi connectivity index (χ4n) is 2.62. The molecule has 0 fully saturated rings. The van der Waals surface area contributed by atoms with Crippen molar-refractivity contribution in [1.29, 1.82) is 0 Å². The van der Waals surface area contributed by atoms with Gasteiger partial charge in [-0.1, -0.05) is 36.4 Å². The van der Waals surface area contributed by atoms with E-state index in [2.05, 4.69) is 29.6 Å². The number of hydrogen-bond acceptors (Lipinski definition) is 2. The smallest absolute Gasteiger partial charge is 0.138 e. The van der Waals surface area contributed by atoms with Crippen molar-refractivity contribution in [3.05, 3.63) is 59.2 Å². The van der Waals surface area contributed by atoms with Crippen LogP contribution in [0.2, 0.25) is 0 Å². The molecule has 2 aromatic carbocycles. The Labute approximate surface area is 119 Å². The van der Waals surface area contributed by atoms with E-state index in [0.29, 0.717) is 5.75 Å². The van der Waals surface area contributed by atoms with Crippen molar-refractivity contribution in [1.82, 2.24) is 0 Å². The number of hydrogen-bond donors (Lipinski definition) is 2. The number of rotatable bonds is 2. The minimum absolute atomic E-state index is 0. The van der Waals surface area contributed by atoms with E-state index in [1.165, 1.54) is 16.7 Å². The first kappa shape index (κ1) is 13.8. The first-order chi connectivity index (χ1) is 8.84. The van der Waals surface area contributed by atoms with Crippen molar-refractivity contribution in [2.75, 3.05) is 11.9 Å². The standard InChI is InChI=1S/C16H17NO.ClH/c18-15-9-8-13(11-12-5-2-1-3-6-12)14-7-4-10-17-16(14)15;/h1-3,5-6,8-9,17-18H,4,7,10-11H2;1H. The zero-order chi connectivity index (χ0) is 12.4. The van der Waals surface area contributed by atoms with Crippen LogP contribution >= 0.6 is 12.4 Å². The summed E-state index contributed by atoms with van der Waals surface area (Å²) in [5, 5.41) is 13.2. The summed E-state index contributed by atoms with van der Waals surface area (Å²) in [4.78, 5) is 0. The van der Waals surface area contributed by atoms with E-state index >= 15 is 0 Å². The average Bonchev–Trinajstić information content (AvgIpc) is 2.44. The molecule has 0 aliphatic carbocycles. The van der Waals surface area contributed by atoms with Crippen LogP contribution < -0.4 is 5.32 Å². The highest BCUT2D eigenvalue weighted by Crippen LogP contribution is 2.34. The Kier molecular flexibility index (Phi) is 4.33. The van der Waals surface area contributed by atoms with Gasteiger partial charge in [-0.05, 0) is 42.0 Å². The van der Waals surface area contributed by atoms with Crippen LogP contribution in [0.4, 0.5) is 5.69 Å². The van der Waals surface area contributed by atoms with Gasteiger partial charge in [-0.25, -0.2) is 0 Å². The minimum Gasteiger partial charge on any atom is -0.506 e. The topological polar surface area (TPSA) is 32.3 Å². The van der Waals surface area contributed by atoms with E-state index < -0.39 is 0 Å². The molecule has 19 heavy (non-hydrogen) atoms. The Balaban J connectivity index is 0.00000133. The Hall–Kier alpha value is -1.67. The summed E-state index contributed by atoms with van der Waals surface area (Å²) in [5.74, 6) is 0.376. The molecule has 2 N–H and O–H groups in total. The van der Waals surface area contributed by atoms with Gasteiger partial charge in [-0.15, -0.1) is 12.4 Å². The predicted molar refractivity (Wildman–Crippen MR) is 81.4 cm³/mol. The summed E-state index contributed by atoms with van der Waals surface area (Å²) in [6.07, 6.45) is 3.13. The maximum Gasteiger partial charge on any atom is 0.138 e. The van der Waals surface area contributed by atoms with Gasteiger partial charge >= 0.3 is 0 Å². The molecule has 0 amide bonds. The molecule has 100 valence electrons. The van der Waals surface area contributed by atoms with Crippen molar-refractivity contribution in [2.45, 2.75) is 19.3 Å². The quantitative estimate of drug-likeness (QED) is 0.818. The van der Waals surface area contributed by atoms with Crippen LogP contribution in [0.25, 0.3) is 0 Å². The first-order valence-electron chi connectivity index (χ1n) is 6.46. The molecule has 1 aliphatic heterocycles. The van der Waals surface area contributed by atoms with Crippen molar-refractivity contribution >= 4 is 18.1 Å². The number of nitrogens with one attached hydrogen (secondary N) is 1. The number of benzene rings is 2. The monoisotopic (exact) mass is 275 g/mol. The van der Waals surface area contributed by atoms with Gasteiger partial charge in [-0.2, -0.15) is 0 Å². The third-order valence-corrected chi connectivity index (χ3v) is 3.53. The molecule has 3 heteroatoms. The summed E-state index contributed by atoms with van der Waals surface area (Å²) in [5.41, 5.74) is 4.86. The molecule has 0 saturated carbocycles. The lowest BCUT2D eigenvalue weighted by atomic mass is 9.93. The lowest BCUT2D eigenvalue weighted by Gasteiger charge is -2.22. The summed E-state index contributed by atoms with van der Waals surface area (Å²) in [6.45, 7) is 0.954. The van der Waals surface area contributed by atoms with E-state index in [4.69, 9.17) is 0 Å². The number of phenols is 1. The molecule has 0 bridgehead atoms. The highest BCUT2D eigenvalue weighted by molar-refractivity contribution is 5.85. The number of halogens is 1. The van der Waals surface area contributed by atoms with Crippen LogP contribution in [0.1, 0.15) is 23.1 Å². The van der Waals surface area contributed by atoms with Crippen molar-refractivity contribution in [2.24, 2.45) is 0 Å². The van der Waals surface area contributed by atoms with E-state index in [0.717, 1.165) is 31.5 Å². The predicted octanol–water partition coefficient (Wildman–Crippen LogP) is 3.76. The Bertz CT molecular complexity index is 554. The SMILES string of the molecule is Cl.Oc1ccc(Cc2ccccc2)c2c1NCCC2. The number of anilines is 1. The van der Waals surface area contributed by atoms with Gasteiger partial charge in [0.25, 0.3) is 0 Å². The van der Waals surface area contributed by atoms with Gasteiger partial charge in [0, 0.05) is 6.54 Å². The Morgan fingerprint density at radius 2 is 1.84 bits per heavy atom. The fourth-order valence-corrected chi connectivity index (χ4v) is 2.62. The van der Waals surface area contributed by atoms with Gasteiger partial charge < -0.3 is 10.4 Å². The molecule has 1 aliphatic rings. The van der Waals surface area contributed by atoms with Gasteiger partial charge in [0.15, 0.2) is 0 Å². The van der Waals surface area contributed by atoms with E-state index in [9.17, 15) is 5.11 Å². The lowest BCUT2D eigenvalue weighted by molar-refractivity contribution is 0.475. The molecule has 0 atom stereocenters. The Morgan fingerprint density at radius 3 is 2.63 bits per heavy atom. The lowest BCUT2D eigenvalue weighted by Crippen LogP contribution is -2.13. The summed E-state index contributed by atoms with van der Waals surface area (Å²) in [7, 11) is 0. The highest BCUT2D eigenvalue weighted by Gasteiger charge is 2.16. The van der Waals surface area contributed by atoms with Crippen LogP contribution in [0.15, 0.2) is 42.5 Å². The fraction of sp³-hybridized carbons (Fsp3) is 0.250. The van der Waals surface area contributed by atoms with Gasteiger partial charge in [-0.3, -0.25) is 0 Å². The van der Waals surface area contributed by atoms with Crippen LogP contribution in [0.5, 0.6) is 5.75 Å². The van der Waals surface area contributed by atoms with Gasteiger partial charge in [0.05, 0.1) is 5.69 Å². The largest absolute Gasteiger partial charge is 0.506 e. The minimum atomic E-state index is 0. The van der Waals surface area contributed by atoms with Crippen LogP contribution in [0, 0.1) is 0 Å². The summed E-state index contributed by atoms with van der Waals surface area (Å²) >= 11 is 0. The highest BCUT2D eigenvalue weighted by atomic mass is 35.5. The normalized spacial score (nSPS) is 13.1. The molecular weight excluding hydrogens is 258 g/mol. The molecule has 0 spiro atoms. The van der Waals surface area contributed by atoms with Crippen molar-refractivity contribution < 1.29 is 5.11 Å². The van der Waals surface area contributed by atoms with Gasteiger partial charge in [0.1, 0.15) is 5.75 Å². The first-order valence-corrected chi connectivity index (χ1v) is 6.46. The van der Waals surface area contributed by atoms with E-state index in [-0.39, 0.29) is 12.4 Å². The Morgan fingerprint density at radius 1 is 1.05 bits per heavy atom. The van der Waals surface area contributed by atoms with Gasteiger partial charge in [0.2, 0.25) is 0 Å². The van der Waals surface area contributed by atoms with Crippen molar-refractivity contribution in [3.63, 3.8) is 0 Å². The number of aromatic hydroxyl groups is 1. The maximum atomic E-state index is 9.88. The molecule has 2 nitrogen and oxygen atoms in total. The van der Waals surface area contributed by atoms with E-state index in [1.807, 2.05) is 12.1 Å². The molecule has 1 heterocycles.